The number of carbonyl (C=O) groups excluding carboxylic acids is 1. The van der Waals surface area contributed by atoms with Crippen molar-refractivity contribution in [2.45, 2.75) is 26.6 Å². The maximum atomic E-state index is 11.4. The molecule has 1 unspecified atom stereocenters. The smallest absolute Gasteiger partial charge is 0.295 e. The number of hydrogen-bond donors (Lipinski definition) is 1. The fourth-order valence-electron chi connectivity index (χ4n) is 2.71. The third-order valence-corrected chi connectivity index (χ3v) is 3.78. The molecule has 19 heavy (non-hydrogen) atoms. The van der Waals surface area contributed by atoms with E-state index in [1.54, 1.807) is 6.92 Å². The molecule has 0 aromatic rings. The largest absolute Gasteiger partial charge is 0.375 e. The zero-order valence-electron chi connectivity index (χ0n) is 11.7. The number of ether oxygens (including phenoxy) is 3. The van der Waals surface area contributed by atoms with Gasteiger partial charge in [0, 0.05) is 12.5 Å². The molecule has 0 aliphatic carbocycles. The van der Waals surface area contributed by atoms with Crippen LogP contribution in [-0.4, -0.2) is 44.7 Å². The van der Waals surface area contributed by atoms with Crippen LogP contribution in [0.4, 0.5) is 0 Å². The molecule has 2 saturated heterocycles. The highest BCUT2D eigenvalue weighted by Crippen LogP contribution is 2.44. The lowest BCUT2D eigenvalue weighted by atomic mass is 9.75. The Kier molecular flexibility index (Phi) is 4.14. The van der Waals surface area contributed by atoms with Crippen molar-refractivity contribution in [2.75, 3.05) is 33.0 Å². The Morgan fingerprint density at radius 2 is 2.11 bits per heavy atom. The first-order valence-electron chi connectivity index (χ1n) is 6.56. The molecule has 5 nitrogen and oxygen atoms in total. The third kappa shape index (κ3) is 2.92. The van der Waals surface area contributed by atoms with Crippen molar-refractivity contribution in [3.63, 3.8) is 0 Å². The Morgan fingerprint density at radius 1 is 1.42 bits per heavy atom. The van der Waals surface area contributed by atoms with Crippen LogP contribution in [0.5, 0.6) is 0 Å². The van der Waals surface area contributed by atoms with Gasteiger partial charge in [0.2, 0.25) is 0 Å². The van der Waals surface area contributed by atoms with Crippen LogP contribution < -0.4 is 5.32 Å². The summed E-state index contributed by atoms with van der Waals surface area (Å²) in [5.41, 5.74) is -0.189. The van der Waals surface area contributed by atoms with E-state index in [0.29, 0.717) is 33.0 Å². The minimum atomic E-state index is -0.634. The lowest BCUT2D eigenvalue weighted by Crippen LogP contribution is -2.49. The second-order valence-corrected chi connectivity index (χ2v) is 5.62. The zero-order valence-corrected chi connectivity index (χ0v) is 11.7. The first kappa shape index (κ1) is 14.3. The van der Waals surface area contributed by atoms with Gasteiger partial charge in [0.05, 0.1) is 19.8 Å². The monoisotopic (exact) mass is 267 g/mol. The van der Waals surface area contributed by atoms with Crippen LogP contribution in [0.3, 0.4) is 0 Å². The molecule has 2 heterocycles. The van der Waals surface area contributed by atoms with Crippen molar-refractivity contribution < 1.29 is 19.0 Å². The lowest BCUT2D eigenvalue weighted by Gasteiger charge is -2.38. The molecule has 2 rings (SSSR count). The minimum Gasteiger partial charge on any atom is -0.375 e. The number of carbonyl (C=O) groups is 1. The summed E-state index contributed by atoms with van der Waals surface area (Å²) in [7, 11) is 0. The van der Waals surface area contributed by atoms with Crippen molar-refractivity contribution in [1.82, 2.24) is 5.32 Å². The summed E-state index contributed by atoms with van der Waals surface area (Å²) >= 11 is 0. The second kappa shape index (κ2) is 5.49. The van der Waals surface area contributed by atoms with Crippen molar-refractivity contribution in [1.29, 1.82) is 0 Å². The first-order chi connectivity index (χ1) is 9.00. The normalized spacial score (nSPS) is 25.1. The molecule has 0 radical (unpaired) electrons. The average molecular weight is 267 g/mol. The van der Waals surface area contributed by atoms with Crippen molar-refractivity contribution >= 4 is 5.91 Å². The van der Waals surface area contributed by atoms with Crippen LogP contribution in [0.2, 0.25) is 0 Å². The van der Waals surface area contributed by atoms with Crippen LogP contribution >= 0.6 is 0 Å². The molecule has 1 N–H and O–H groups in total. The number of nitrogens with one attached hydrogen (secondary N) is 1. The Hall–Kier alpha value is -1.09. The molecule has 1 atom stereocenters. The second-order valence-electron chi connectivity index (χ2n) is 5.62. The predicted molar refractivity (Wildman–Crippen MR) is 69.2 cm³/mol. The van der Waals surface area contributed by atoms with E-state index in [0.717, 1.165) is 0 Å². The molecule has 0 bridgehead atoms. The maximum absolute atomic E-state index is 11.4. The Balaban J connectivity index is 2.01. The quantitative estimate of drug-likeness (QED) is 0.758. The molecule has 5 heteroatoms. The maximum Gasteiger partial charge on any atom is 0.295 e. The van der Waals surface area contributed by atoms with E-state index in [9.17, 15) is 4.79 Å². The van der Waals surface area contributed by atoms with Gasteiger partial charge in [-0.1, -0.05) is 19.8 Å². The van der Waals surface area contributed by atoms with Gasteiger partial charge >= 0.3 is 0 Å². The van der Waals surface area contributed by atoms with E-state index < -0.39 is 5.79 Å². The average Bonchev–Trinajstić information content (AvgIpc) is 2.99. The summed E-state index contributed by atoms with van der Waals surface area (Å²) in [6.45, 7) is 8.57. The highest BCUT2D eigenvalue weighted by atomic mass is 16.8. The third-order valence-electron chi connectivity index (χ3n) is 3.78. The molecule has 2 aliphatic rings. The molecular weight excluding hydrogens is 246 g/mol. The van der Waals surface area contributed by atoms with Crippen molar-refractivity contribution in [3.8, 4) is 11.8 Å². The van der Waals surface area contributed by atoms with Crippen LogP contribution in [0, 0.1) is 23.2 Å². The fraction of sp³-hybridized carbons (Fsp3) is 0.786. The van der Waals surface area contributed by atoms with Gasteiger partial charge < -0.3 is 19.5 Å². The van der Waals surface area contributed by atoms with Gasteiger partial charge in [0.25, 0.3) is 5.91 Å². The number of amides is 1. The summed E-state index contributed by atoms with van der Waals surface area (Å²) in [6.07, 6.45) is 0. The Labute approximate surface area is 114 Å². The van der Waals surface area contributed by atoms with Gasteiger partial charge in [-0.3, -0.25) is 4.79 Å². The summed E-state index contributed by atoms with van der Waals surface area (Å²) in [5, 5.41) is 2.83. The van der Waals surface area contributed by atoms with Gasteiger partial charge in [-0.2, -0.15) is 0 Å². The van der Waals surface area contributed by atoms with E-state index in [2.05, 4.69) is 31.0 Å². The topological polar surface area (TPSA) is 56.8 Å². The molecule has 2 fully saturated rings. The van der Waals surface area contributed by atoms with E-state index in [-0.39, 0.29) is 17.2 Å². The molecule has 2 aliphatic heterocycles. The first-order valence-corrected chi connectivity index (χ1v) is 6.56. The lowest BCUT2D eigenvalue weighted by molar-refractivity contribution is -0.197. The molecule has 0 saturated carbocycles. The van der Waals surface area contributed by atoms with E-state index >= 15 is 0 Å². The van der Waals surface area contributed by atoms with Crippen LogP contribution in [-0.2, 0) is 19.0 Å². The Bertz CT molecular complexity index is 396. The predicted octanol–water partition coefficient (Wildman–Crippen LogP) is 0.542. The molecule has 106 valence electrons. The molecule has 1 spiro atoms. The standard InChI is InChI=1S/C14H21NO4/c1-4-5-12(16)15-9-13(2,3)11-8-17-10-14(11)18-6-7-19-14/h11H,6-10H2,1-3H3,(H,15,16). The SMILES string of the molecule is CC#CC(=O)NCC(C)(C)C1COCC12OCCO2. The molecule has 0 aromatic carbocycles. The van der Waals surface area contributed by atoms with Crippen LogP contribution in [0.15, 0.2) is 0 Å². The molecule has 0 aromatic heterocycles. The summed E-state index contributed by atoms with van der Waals surface area (Å²) < 4.78 is 17.1. The van der Waals surface area contributed by atoms with Gasteiger partial charge in [0.1, 0.15) is 6.61 Å². The molecule has 1 amide bonds. The van der Waals surface area contributed by atoms with E-state index in [4.69, 9.17) is 14.2 Å². The van der Waals surface area contributed by atoms with E-state index in [1.807, 2.05) is 0 Å². The highest BCUT2D eigenvalue weighted by molar-refractivity contribution is 5.93. The van der Waals surface area contributed by atoms with Crippen LogP contribution in [0.25, 0.3) is 0 Å². The van der Waals surface area contributed by atoms with Crippen molar-refractivity contribution in [3.05, 3.63) is 0 Å². The fourth-order valence-corrected chi connectivity index (χ4v) is 2.71. The summed E-state index contributed by atoms with van der Waals surface area (Å²) in [5.74, 6) is 4.27. The number of rotatable bonds is 3. The van der Waals surface area contributed by atoms with Gasteiger partial charge in [-0.15, -0.1) is 0 Å². The van der Waals surface area contributed by atoms with Gasteiger partial charge in [-0.05, 0) is 18.3 Å². The van der Waals surface area contributed by atoms with Crippen LogP contribution in [0.1, 0.15) is 20.8 Å². The highest BCUT2D eigenvalue weighted by Gasteiger charge is 2.55. The summed E-state index contributed by atoms with van der Waals surface area (Å²) in [4.78, 5) is 11.4. The zero-order chi connectivity index (χ0) is 13.9. The van der Waals surface area contributed by atoms with E-state index in [1.165, 1.54) is 0 Å². The van der Waals surface area contributed by atoms with Gasteiger partial charge in [-0.25, -0.2) is 0 Å². The van der Waals surface area contributed by atoms with Gasteiger partial charge in [0.15, 0.2) is 5.79 Å². The summed E-state index contributed by atoms with van der Waals surface area (Å²) in [6, 6.07) is 0. The Morgan fingerprint density at radius 3 is 2.74 bits per heavy atom. The minimum absolute atomic E-state index is 0.0948. The molecular formula is C14H21NO4. The number of hydrogen-bond acceptors (Lipinski definition) is 4. The van der Waals surface area contributed by atoms with Crippen molar-refractivity contribution in [2.24, 2.45) is 11.3 Å².